The second-order valence-electron chi connectivity index (χ2n) is 6.56. The van der Waals surface area contributed by atoms with Crippen LogP contribution < -0.4 is 5.32 Å². The first-order valence-corrected chi connectivity index (χ1v) is 9.84. The third-order valence-corrected chi connectivity index (χ3v) is 5.32. The molecule has 3 nitrogen and oxygen atoms in total. The van der Waals surface area contributed by atoms with Crippen molar-refractivity contribution in [1.82, 2.24) is 10.2 Å². The molecule has 1 saturated heterocycles. The van der Waals surface area contributed by atoms with Crippen molar-refractivity contribution < 1.29 is 0 Å². The Morgan fingerprint density at radius 1 is 0.923 bits per heavy atom. The van der Waals surface area contributed by atoms with Gasteiger partial charge in [0.2, 0.25) is 0 Å². The molecule has 1 N–H and O–H groups in total. The fourth-order valence-corrected chi connectivity index (χ4v) is 3.69. The number of aliphatic imine (C=N–C) groups is 1. The van der Waals surface area contributed by atoms with Crippen LogP contribution in [-0.2, 0) is 6.42 Å². The number of amidine groups is 1. The summed E-state index contributed by atoms with van der Waals surface area (Å²) >= 11 is 3.50. The molecule has 4 rings (SSSR count). The van der Waals surface area contributed by atoms with Gasteiger partial charge in [0.1, 0.15) is 5.84 Å². The zero-order valence-electron chi connectivity index (χ0n) is 14.7. The van der Waals surface area contributed by atoms with Gasteiger partial charge in [-0.2, -0.15) is 0 Å². The Morgan fingerprint density at radius 2 is 1.65 bits per heavy atom. The Labute approximate surface area is 162 Å². The van der Waals surface area contributed by atoms with E-state index < -0.39 is 0 Å². The van der Waals surface area contributed by atoms with Crippen molar-refractivity contribution in [3.8, 4) is 0 Å². The molecule has 0 spiro atoms. The van der Waals surface area contributed by atoms with Crippen molar-refractivity contribution in [2.75, 3.05) is 26.2 Å². The topological polar surface area (TPSA) is 27.6 Å². The standard InChI is InChI=1S/C22H22BrN3/c23-19-8-10-20(11-9-19)25-22(26-14-12-24-13-15-26)16-18-6-3-5-17-4-1-2-7-21(17)18/h1-11,24H,12-16H2. The van der Waals surface area contributed by atoms with Gasteiger partial charge in [-0.25, -0.2) is 4.99 Å². The number of piperazine rings is 1. The van der Waals surface area contributed by atoms with Crippen LogP contribution in [-0.4, -0.2) is 36.9 Å². The molecule has 0 aliphatic carbocycles. The van der Waals surface area contributed by atoms with Crippen LogP contribution in [0.5, 0.6) is 0 Å². The summed E-state index contributed by atoms with van der Waals surface area (Å²) in [6.07, 6.45) is 0.845. The van der Waals surface area contributed by atoms with E-state index in [4.69, 9.17) is 4.99 Å². The van der Waals surface area contributed by atoms with E-state index in [9.17, 15) is 0 Å². The lowest BCUT2D eigenvalue weighted by Gasteiger charge is -2.31. The van der Waals surface area contributed by atoms with Gasteiger partial charge in [0, 0.05) is 37.1 Å². The van der Waals surface area contributed by atoms with Crippen LogP contribution in [0.2, 0.25) is 0 Å². The summed E-state index contributed by atoms with van der Waals surface area (Å²) in [6.45, 7) is 4.02. The minimum absolute atomic E-state index is 0.845. The van der Waals surface area contributed by atoms with Gasteiger partial charge in [-0.3, -0.25) is 0 Å². The van der Waals surface area contributed by atoms with Gasteiger partial charge < -0.3 is 10.2 Å². The highest BCUT2D eigenvalue weighted by molar-refractivity contribution is 9.10. The van der Waals surface area contributed by atoms with Crippen LogP contribution >= 0.6 is 15.9 Å². The fraction of sp³-hybridized carbons (Fsp3) is 0.227. The predicted octanol–water partition coefficient (Wildman–Crippen LogP) is 4.78. The normalized spacial score (nSPS) is 15.4. The highest BCUT2D eigenvalue weighted by Crippen LogP contribution is 2.22. The molecule has 0 unspecified atom stereocenters. The summed E-state index contributed by atoms with van der Waals surface area (Å²) in [6, 6.07) is 23.4. The summed E-state index contributed by atoms with van der Waals surface area (Å²) in [5, 5.41) is 6.03. The predicted molar refractivity (Wildman–Crippen MR) is 113 cm³/mol. The van der Waals surface area contributed by atoms with Crippen molar-refractivity contribution in [1.29, 1.82) is 0 Å². The lowest BCUT2D eigenvalue weighted by molar-refractivity contribution is 0.353. The van der Waals surface area contributed by atoms with Crippen LogP contribution in [0.25, 0.3) is 10.8 Å². The summed E-state index contributed by atoms with van der Waals surface area (Å²) in [7, 11) is 0. The molecule has 1 aliphatic rings. The number of nitrogens with zero attached hydrogens (tertiary/aromatic N) is 2. The van der Waals surface area contributed by atoms with Crippen molar-refractivity contribution in [3.05, 3.63) is 76.8 Å². The molecule has 0 saturated carbocycles. The summed E-state index contributed by atoms with van der Waals surface area (Å²) in [5.41, 5.74) is 2.33. The summed E-state index contributed by atoms with van der Waals surface area (Å²) in [5.74, 6) is 1.14. The van der Waals surface area contributed by atoms with Crippen molar-refractivity contribution in [2.24, 2.45) is 4.99 Å². The van der Waals surface area contributed by atoms with E-state index in [1.54, 1.807) is 0 Å². The summed E-state index contributed by atoms with van der Waals surface area (Å²) in [4.78, 5) is 7.44. The molecule has 26 heavy (non-hydrogen) atoms. The Bertz CT molecular complexity index is 907. The smallest absolute Gasteiger partial charge is 0.109 e. The number of benzene rings is 3. The van der Waals surface area contributed by atoms with Crippen LogP contribution in [0.3, 0.4) is 0 Å². The lowest BCUT2D eigenvalue weighted by atomic mass is 10.0. The third kappa shape index (κ3) is 3.97. The summed E-state index contributed by atoms with van der Waals surface area (Å²) < 4.78 is 1.08. The van der Waals surface area contributed by atoms with Gasteiger partial charge in [-0.15, -0.1) is 0 Å². The molecule has 3 aromatic rings. The first-order valence-electron chi connectivity index (χ1n) is 9.05. The molecule has 1 aliphatic heterocycles. The molecule has 0 aromatic heterocycles. The van der Waals surface area contributed by atoms with Crippen LogP contribution in [0, 0.1) is 0 Å². The van der Waals surface area contributed by atoms with Crippen LogP contribution in [0.1, 0.15) is 5.56 Å². The molecule has 0 radical (unpaired) electrons. The van der Waals surface area contributed by atoms with E-state index >= 15 is 0 Å². The molecule has 3 aromatic carbocycles. The molecule has 1 fully saturated rings. The number of nitrogens with one attached hydrogen (secondary N) is 1. The van der Waals surface area contributed by atoms with Crippen molar-refractivity contribution in [2.45, 2.75) is 6.42 Å². The Morgan fingerprint density at radius 3 is 2.46 bits per heavy atom. The highest BCUT2D eigenvalue weighted by Gasteiger charge is 2.16. The van der Waals surface area contributed by atoms with Gasteiger partial charge in [0.25, 0.3) is 0 Å². The molecule has 0 amide bonds. The maximum Gasteiger partial charge on any atom is 0.109 e. The van der Waals surface area contributed by atoms with E-state index in [0.717, 1.165) is 48.6 Å². The first-order chi connectivity index (χ1) is 12.8. The minimum Gasteiger partial charge on any atom is -0.357 e. The van der Waals surface area contributed by atoms with E-state index in [1.165, 1.54) is 16.3 Å². The number of hydrogen-bond donors (Lipinski definition) is 1. The Balaban J connectivity index is 1.71. The van der Waals surface area contributed by atoms with E-state index in [1.807, 2.05) is 12.1 Å². The van der Waals surface area contributed by atoms with Gasteiger partial charge in [-0.05, 0) is 40.6 Å². The van der Waals surface area contributed by atoms with Crippen molar-refractivity contribution in [3.63, 3.8) is 0 Å². The fourth-order valence-electron chi connectivity index (χ4n) is 3.43. The minimum atomic E-state index is 0.845. The first kappa shape index (κ1) is 17.3. The number of hydrogen-bond acceptors (Lipinski definition) is 2. The lowest BCUT2D eigenvalue weighted by Crippen LogP contribution is -2.47. The van der Waals surface area contributed by atoms with Crippen molar-refractivity contribution >= 4 is 38.2 Å². The molecule has 1 heterocycles. The maximum atomic E-state index is 5.02. The monoisotopic (exact) mass is 407 g/mol. The third-order valence-electron chi connectivity index (χ3n) is 4.80. The second-order valence-corrected chi connectivity index (χ2v) is 7.47. The van der Waals surface area contributed by atoms with Crippen LogP contribution in [0.15, 0.2) is 76.2 Å². The molecule has 0 bridgehead atoms. The maximum absolute atomic E-state index is 5.02. The molecule has 4 heteroatoms. The zero-order chi connectivity index (χ0) is 17.8. The van der Waals surface area contributed by atoms with E-state index in [2.05, 4.69) is 80.7 Å². The Kier molecular flexibility index (Phi) is 5.32. The van der Waals surface area contributed by atoms with E-state index in [-0.39, 0.29) is 0 Å². The molecular weight excluding hydrogens is 386 g/mol. The largest absolute Gasteiger partial charge is 0.357 e. The number of halogens is 1. The number of fused-ring (bicyclic) bond motifs is 1. The zero-order valence-corrected chi connectivity index (χ0v) is 16.2. The average molecular weight is 408 g/mol. The van der Waals surface area contributed by atoms with E-state index in [0.29, 0.717) is 0 Å². The SMILES string of the molecule is Brc1ccc(N=C(Cc2cccc3ccccc23)N2CCNCC2)cc1. The quantitative estimate of drug-likeness (QED) is 0.499. The van der Waals surface area contributed by atoms with Gasteiger partial charge in [-0.1, -0.05) is 58.4 Å². The number of rotatable bonds is 3. The second kappa shape index (κ2) is 8.02. The molecule has 0 atom stereocenters. The Hall–Kier alpha value is -2.17. The average Bonchev–Trinajstić information content (AvgIpc) is 2.70. The van der Waals surface area contributed by atoms with Gasteiger partial charge in [0.15, 0.2) is 0 Å². The molecular formula is C22H22BrN3. The van der Waals surface area contributed by atoms with Gasteiger partial charge in [0.05, 0.1) is 5.69 Å². The highest BCUT2D eigenvalue weighted by atomic mass is 79.9. The van der Waals surface area contributed by atoms with Crippen LogP contribution in [0.4, 0.5) is 5.69 Å². The molecule has 132 valence electrons. The van der Waals surface area contributed by atoms with Gasteiger partial charge >= 0.3 is 0 Å².